The first kappa shape index (κ1) is 9.96. The predicted molar refractivity (Wildman–Crippen MR) is 65.8 cm³/mol. The number of fused-ring (bicyclic) bond motifs is 1. The Kier molecular flexibility index (Phi) is 2.51. The summed E-state index contributed by atoms with van der Waals surface area (Å²) in [5, 5.41) is 2.93. The molecule has 1 unspecified atom stereocenters. The first-order chi connectivity index (χ1) is 6.57. The van der Waals surface area contributed by atoms with E-state index in [1.807, 2.05) is 18.2 Å². The van der Waals surface area contributed by atoms with E-state index < -0.39 is 0 Å². The van der Waals surface area contributed by atoms with E-state index in [4.69, 9.17) is 0 Å². The fraction of sp³-hybridized carbons (Fsp3) is 0.364. The van der Waals surface area contributed by atoms with Crippen molar-refractivity contribution in [3.8, 4) is 0 Å². The Labute approximate surface area is 97.2 Å². The molecule has 74 valence electrons. The molecule has 0 spiro atoms. The maximum absolute atomic E-state index is 11.5. The maximum atomic E-state index is 11.5. The van der Waals surface area contributed by atoms with Crippen molar-refractivity contribution in [2.24, 2.45) is 0 Å². The van der Waals surface area contributed by atoms with Gasteiger partial charge in [-0.1, -0.05) is 40.8 Å². The van der Waals surface area contributed by atoms with E-state index in [-0.39, 0.29) is 9.33 Å². The van der Waals surface area contributed by atoms with Gasteiger partial charge in [-0.05, 0) is 25.0 Å². The summed E-state index contributed by atoms with van der Waals surface area (Å²) in [6, 6.07) is 8.01. The molecule has 1 N–H and O–H groups in total. The van der Waals surface area contributed by atoms with Crippen LogP contribution in [-0.2, 0) is 11.2 Å². The third-order valence-electron chi connectivity index (χ3n) is 2.38. The van der Waals surface area contributed by atoms with E-state index >= 15 is 0 Å². The molecule has 3 heteroatoms. The highest BCUT2D eigenvalue weighted by atomic mass is 127. The lowest BCUT2D eigenvalue weighted by molar-refractivity contribution is -0.116. The number of para-hydroxylation sites is 1. The van der Waals surface area contributed by atoms with Crippen molar-refractivity contribution >= 4 is 34.2 Å². The SMILES string of the molecule is CC1(I)CC(=O)Nc2ccccc2C1. The number of rotatable bonds is 0. The smallest absolute Gasteiger partial charge is 0.225 e. The van der Waals surface area contributed by atoms with Crippen LogP contribution in [0.4, 0.5) is 5.69 Å². The second kappa shape index (κ2) is 3.53. The van der Waals surface area contributed by atoms with Gasteiger partial charge in [-0.25, -0.2) is 0 Å². The lowest BCUT2D eigenvalue weighted by Gasteiger charge is -2.18. The molecule has 0 radical (unpaired) electrons. The van der Waals surface area contributed by atoms with Gasteiger partial charge in [-0.2, -0.15) is 0 Å². The Balaban J connectivity index is 2.42. The number of amides is 1. The molecule has 2 nitrogen and oxygen atoms in total. The average molecular weight is 301 g/mol. The van der Waals surface area contributed by atoms with Gasteiger partial charge in [0, 0.05) is 15.5 Å². The number of carbonyl (C=O) groups excluding carboxylic acids is 1. The number of halogens is 1. The molecule has 1 heterocycles. The van der Waals surface area contributed by atoms with E-state index in [0.29, 0.717) is 6.42 Å². The maximum Gasteiger partial charge on any atom is 0.225 e. The summed E-state index contributed by atoms with van der Waals surface area (Å²) in [5.74, 6) is 0.117. The molecule has 1 atom stereocenters. The van der Waals surface area contributed by atoms with Crippen molar-refractivity contribution in [2.75, 3.05) is 5.32 Å². The average Bonchev–Trinajstić information content (AvgIpc) is 2.16. The monoisotopic (exact) mass is 301 g/mol. The molecule has 0 aromatic heterocycles. The van der Waals surface area contributed by atoms with E-state index in [1.54, 1.807) is 0 Å². The molecule has 0 saturated carbocycles. The topological polar surface area (TPSA) is 29.1 Å². The molecule has 0 saturated heterocycles. The molecule has 2 rings (SSSR count). The fourth-order valence-electron chi connectivity index (χ4n) is 1.79. The lowest BCUT2D eigenvalue weighted by atomic mass is 9.99. The summed E-state index contributed by atoms with van der Waals surface area (Å²) in [6.45, 7) is 2.12. The predicted octanol–water partition coefficient (Wildman–Crippen LogP) is 2.77. The molecule has 1 aromatic carbocycles. The van der Waals surface area contributed by atoms with Gasteiger partial charge < -0.3 is 5.32 Å². The number of nitrogens with one attached hydrogen (secondary N) is 1. The van der Waals surface area contributed by atoms with Crippen LogP contribution >= 0.6 is 22.6 Å². The van der Waals surface area contributed by atoms with E-state index in [2.05, 4.69) is 40.9 Å². The van der Waals surface area contributed by atoms with Crippen LogP contribution in [0.1, 0.15) is 18.9 Å². The highest BCUT2D eigenvalue weighted by Gasteiger charge is 2.28. The third-order valence-corrected chi connectivity index (χ3v) is 3.14. The Morgan fingerprint density at radius 3 is 2.86 bits per heavy atom. The van der Waals surface area contributed by atoms with E-state index in [9.17, 15) is 4.79 Å². The van der Waals surface area contributed by atoms with Gasteiger partial charge in [-0.15, -0.1) is 0 Å². The van der Waals surface area contributed by atoms with Gasteiger partial charge >= 0.3 is 0 Å². The number of hydrogen-bond acceptors (Lipinski definition) is 1. The van der Waals surface area contributed by atoms with Crippen LogP contribution in [0.15, 0.2) is 24.3 Å². The minimum Gasteiger partial charge on any atom is -0.326 e. The zero-order valence-electron chi connectivity index (χ0n) is 8.01. The normalized spacial score (nSPS) is 26.3. The molecule has 1 amide bonds. The van der Waals surface area contributed by atoms with Crippen LogP contribution < -0.4 is 5.32 Å². The van der Waals surface area contributed by atoms with Crippen LogP contribution in [0.5, 0.6) is 0 Å². The summed E-state index contributed by atoms with van der Waals surface area (Å²) in [5.41, 5.74) is 2.20. The van der Waals surface area contributed by atoms with E-state index in [0.717, 1.165) is 12.1 Å². The van der Waals surface area contributed by atoms with Gasteiger partial charge in [0.1, 0.15) is 0 Å². The Hall–Kier alpha value is -0.580. The number of alkyl halides is 1. The van der Waals surface area contributed by atoms with E-state index in [1.165, 1.54) is 5.56 Å². The zero-order valence-corrected chi connectivity index (χ0v) is 10.2. The van der Waals surface area contributed by atoms with Crippen molar-refractivity contribution in [3.63, 3.8) is 0 Å². The molecule has 1 aliphatic rings. The van der Waals surface area contributed by atoms with Gasteiger partial charge in [0.05, 0.1) is 0 Å². The van der Waals surface area contributed by atoms with Crippen LogP contribution in [0.3, 0.4) is 0 Å². The molecule has 0 aliphatic carbocycles. The Bertz CT molecular complexity index is 373. The molecular formula is C11H12INO. The van der Waals surface area contributed by atoms with Crippen LogP contribution in [0.2, 0.25) is 0 Å². The summed E-state index contributed by atoms with van der Waals surface area (Å²) in [6.07, 6.45) is 1.53. The van der Waals surface area contributed by atoms with Crippen molar-refractivity contribution in [1.82, 2.24) is 0 Å². The van der Waals surface area contributed by atoms with Crippen molar-refractivity contribution < 1.29 is 4.79 Å². The quantitative estimate of drug-likeness (QED) is 0.579. The van der Waals surface area contributed by atoms with Crippen LogP contribution in [0, 0.1) is 0 Å². The molecule has 0 fully saturated rings. The number of benzene rings is 1. The first-order valence-electron chi connectivity index (χ1n) is 4.63. The summed E-state index contributed by atoms with van der Waals surface area (Å²) in [7, 11) is 0. The minimum atomic E-state index is 0.0362. The fourth-order valence-corrected chi connectivity index (χ4v) is 2.54. The molecule has 0 bridgehead atoms. The third kappa shape index (κ3) is 2.08. The lowest BCUT2D eigenvalue weighted by Crippen LogP contribution is -2.23. The van der Waals surface area contributed by atoms with Crippen LogP contribution in [0.25, 0.3) is 0 Å². The van der Waals surface area contributed by atoms with Gasteiger partial charge in [-0.3, -0.25) is 4.79 Å². The van der Waals surface area contributed by atoms with Crippen LogP contribution in [-0.4, -0.2) is 9.33 Å². The molecular weight excluding hydrogens is 289 g/mol. The Morgan fingerprint density at radius 2 is 2.07 bits per heavy atom. The molecule has 1 aliphatic heterocycles. The molecule has 1 aromatic rings. The largest absolute Gasteiger partial charge is 0.326 e. The second-order valence-electron chi connectivity index (χ2n) is 3.97. The summed E-state index contributed by atoms with van der Waals surface area (Å²) in [4.78, 5) is 11.5. The minimum absolute atomic E-state index is 0.0362. The standard InChI is InChI=1S/C11H12INO/c1-11(12)6-8-4-2-3-5-9(8)13-10(14)7-11/h2-5H,6-7H2,1H3,(H,13,14). The molecule has 14 heavy (non-hydrogen) atoms. The highest BCUT2D eigenvalue weighted by Crippen LogP contribution is 2.33. The van der Waals surface area contributed by atoms with Crippen molar-refractivity contribution in [2.45, 2.75) is 23.2 Å². The van der Waals surface area contributed by atoms with Gasteiger partial charge in [0.15, 0.2) is 0 Å². The zero-order chi connectivity index (χ0) is 10.2. The first-order valence-corrected chi connectivity index (χ1v) is 5.71. The summed E-state index contributed by atoms with van der Waals surface area (Å²) < 4.78 is 0.0362. The summed E-state index contributed by atoms with van der Waals surface area (Å²) >= 11 is 2.37. The van der Waals surface area contributed by atoms with Crippen molar-refractivity contribution in [3.05, 3.63) is 29.8 Å². The number of carbonyl (C=O) groups is 1. The highest BCUT2D eigenvalue weighted by molar-refractivity contribution is 14.1. The number of hydrogen-bond donors (Lipinski definition) is 1. The van der Waals surface area contributed by atoms with Gasteiger partial charge in [0.25, 0.3) is 0 Å². The Morgan fingerprint density at radius 1 is 1.36 bits per heavy atom. The van der Waals surface area contributed by atoms with Gasteiger partial charge in [0.2, 0.25) is 5.91 Å². The van der Waals surface area contributed by atoms with Crippen molar-refractivity contribution in [1.29, 1.82) is 0 Å². The number of anilines is 1. The second-order valence-corrected chi connectivity index (χ2v) is 6.58.